The summed E-state index contributed by atoms with van der Waals surface area (Å²) >= 11 is 1.30. The highest BCUT2D eigenvalue weighted by molar-refractivity contribution is 7.92. The second kappa shape index (κ2) is 6.23. The molecule has 0 atom stereocenters. The Bertz CT molecular complexity index is 1180. The third-order valence-electron chi connectivity index (χ3n) is 3.40. The fourth-order valence-electron chi connectivity index (χ4n) is 2.29. The maximum absolute atomic E-state index is 12.5. The third kappa shape index (κ3) is 3.42. The van der Waals surface area contributed by atoms with E-state index in [-0.39, 0.29) is 5.56 Å². The first-order chi connectivity index (χ1) is 11.7. The van der Waals surface area contributed by atoms with Crippen LogP contribution in [0.3, 0.4) is 0 Å². The number of amides is 1. The Labute approximate surface area is 148 Å². The summed E-state index contributed by atoms with van der Waals surface area (Å²) in [5, 5.41) is 7.20. The Balaban J connectivity index is 2.02. The van der Waals surface area contributed by atoms with Crippen LogP contribution in [0.2, 0.25) is 0 Å². The number of carbonyl (C=O) groups excluding carboxylic acids is 1. The molecule has 0 spiro atoms. The zero-order valence-corrected chi connectivity index (χ0v) is 15.0. The topological polar surface area (TPSA) is 123 Å². The van der Waals surface area contributed by atoms with E-state index in [1.54, 1.807) is 23.6 Å². The number of nitrogens with one attached hydrogen (secondary N) is 1. The van der Waals surface area contributed by atoms with Gasteiger partial charge in [0.25, 0.3) is 15.9 Å². The average Bonchev–Trinajstić information content (AvgIpc) is 2.98. The third-order valence-corrected chi connectivity index (χ3v) is 6.85. The Hall–Kier alpha value is -2.27. The lowest BCUT2D eigenvalue weighted by Crippen LogP contribution is -2.32. The first-order valence-electron chi connectivity index (χ1n) is 6.85. The zero-order valence-electron chi connectivity index (χ0n) is 12.5. The minimum Gasteiger partial charge on any atom is -0.268 e. The molecule has 0 saturated carbocycles. The van der Waals surface area contributed by atoms with Crippen molar-refractivity contribution in [2.45, 2.75) is 9.79 Å². The minimum absolute atomic E-state index is 0.192. The van der Waals surface area contributed by atoms with Crippen molar-refractivity contribution in [3.05, 3.63) is 59.5 Å². The molecule has 0 fully saturated rings. The van der Waals surface area contributed by atoms with Crippen LogP contribution < -0.4 is 9.86 Å². The van der Waals surface area contributed by atoms with Crippen molar-refractivity contribution in [2.75, 3.05) is 0 Å². The molecule has 130 valence electrons. The first-order valence-corrected chi connectivity index (χ1v) is 10.8. The number of rotatable bonds is 4. The van der Waals surface area contributed by atoms with Crippen LogP contribution in [-0.2, 0) is 20.0 Å². The van der Waals surface area contributed by atoms with Crippen LogP contribution in [0.5, 0.6) is 0 Å². The van der Waals surface area contributed by atoms with Crippen molar-refractivity contribution in [2.24, 2.45) is 5.14 Å². The van der Waals surface area contributed by atoms with E-state index in [4.69, 9.17) is 5.14 Å². The molecule has 0 radical (unpaired) electrons. The Morgan fingerprint density at radius 3 is 2.20 bits per heavy atom. The molecule has 25 heavy (non-hydrogen) atoms. The van der Waals surface area contributed by atoms with E-state index in [9.17, 15) is 21.6 Å². The van der Waals surface area contributed by atoms with Gasteiger partial charge in [-0.3, -0.25) is 4.79 Å². The van der Waals surface area contributed by atoms with Crippen molar-refractivity contribution >= 4 is 47.4 Å². The summed E-state index contributed by atoms with van der Waals surface area (Å²) in [6.45, 7) is 0. The fraction of sp³-hybridized carbons (Fsp3) is 0. The second-order valence-electron chi connectivity index (χ2n) is 5.07. The van der Waals surface area contributed by atoms with Crippen molar-refractivity contribution < 1.29 is 21.6 Å². The molecule has 3 aromatic rings. The molecule has 0 aliphatic carbocycles. The van der Waals surface area contributed by atoms with Gasteiger partial charge in [-0.25, -0.2) is 26.7 Å². The molecule has 1 heterocycles. The van der Waals surface area contributed by atoms with Crippen molar-refractivity contribution in [3.63, 3.8) is 0 Å². The van der Waals surface area contributed by atoms with E-state index in [0.717, 1.165) is 16.8 Å². The van der Waals surface area contributed by atoms with Gasteiger partial charge in [0.05, 0.1) is 5.56 Å². The molecular formula is C15H12N2O5S3. The predicted octanol–water partition coefficient (Wildman–Crippen LogP) is 1.67. The number of thiophene rings is 1. The maximum Gasteiger partial charge on any atom is 0.266 e. The molecule has 0 saturated heterocycles. The Kier molecular flexibility index (Phi) is 4.37. The standard InChI is InChI=1S/C15H12N2O5S3/c16-24(19,20)13-7-3-4-8-14(13)25(21,22)17-15(18)11-9-23-12-6-2-1-5-10(11)12/h1-9H,(H,17,18)(H2,16,19,20). The maximum atomic E-state index is 12.5. The van der Waals surface area contributed by atoms with Gasteiger partial charge >= 0.3 is 0 Å². The number of fused-ring (bicyclic) bond motifs is 1. The molecular weight excluding hydrogens is 384 g/mol. The van der Waals surface area contributed by atoms with Crippen molar-refractivity contribution in [1.82, 2.24) is 4.72 Å². The lowest BCUT2D eigenvalue weighted by molar-refractivity contribution is 0.0983. The molecule has 10 heteroatoms. The van der Waals surface area contributed by atoms with Crippen molar-refractivity contribution in [3.8, 4) is 0 Å². The normalized spacial score (nSPS) is 12.2. The molecule has 3 N–H and O–H groups in total. The summed E-state index contributed by atoms with van der Waals surface area (Å²) < 4.78 is 50.9. The smallest absolute Gasteiger partial charge is 0.266 e. The average molecular weight is 396 g/mol. The van der Waals surface area contributed by atoms with Gasteiger partial charge in [0.15, 0.2) is 0 Å². The van der Waals surface area contributed by atoms with Gasteiger partial charge in [0, 0.05) is 15.5 Å². The van der Waals surface area contributed by atoms with Gasteiger partial charge in [0.2, 0.25) is 10.0 Å². The van der Waals surface area contributed by atoms with Crippen LogP contribution in [0.15, 0.2) is 63.7 Å². The molecule has 0 aliphatic rings. The van der Waals surface area contributed by atoms with E-state index in [1.807, 2.05) is 10.8 Å². The highest BCUT2D eigenvalue weighted by Crippen LogP contribution is 2.26. The lowest BCUT2D eigenvalue weighted by atomic mass is 10.2. The van der Waals surface area contributed by atoms with Crippen LogP contribution in [0.1, 0.15) is 10.4 Å². The van der Waals surface area contributed by atoms with Gasteiger partial charge in [0.1, 0.15) is 9.79 Å². The summed E-state index contributed by atoms with van der Waals surface area (Å²) in [7, 11) is -8.69. The monoisotopic (exact) mass is 396 g/mol. The molecule has 1 aromatic heterocycles. The SMILES string of the molecule is NS(=O)(=O)c1ccccc1S(=O)(=O)NC(=O)c1csc2ccccc12. The molecule has 2 aromatic carbocycles. The molecule has 0 bridgehead atoms. The fourth-order valence-corrected chi connectivity index (χ4v) is 5.58. The summed E-state index contributed by atoms with van der Waals surface area (Å²) in [5.74, 6) is -0.846. The zero-order chi connectivity index (χ0) is 18.2. The molecule has 0 unspecified atom stereocenters. The number of hydrogen-bond donors (Lipinski definition) is 2. The van der Waals surface area contributed by atoms with Gasteiger partial charge < -0.3 is 0 Å². The lowest BCUT2D eigenvalue weighted by Gasteiger charge is -2.10. The van der Waals surface area contributed by atoms with Crippen LogP contribution in [-0.4, -0.2) is 22.7 Å². The van der Waals surface area contributed by atoms with E-state index in [0.29, 0.717) is 5.39 Å². The summed E-state index contributed by atoms with van der Waals surface area (Å²) in [6.07, 6.45) is 0. The number of nitrogens with two attached hydrogens (primary N) is 1. The minimum atomic E-state index is -4.42. The Morgan fingerprint density at radius 1 is 0.920 bits per heavy atom. The number of benzene rings is 2. The molecule has 0 aliphatic heterocycles. The largest absolute Gasteiger partial charge is 0.268 e. The molecule has 3 rings (SSSR count). The number of carbonyl (C=O) groups is 1. The van der Waals surface area contributed by atoms with E-state index in [2.05, 4.69) is 0 Å². The van der Waals surface area contributed by atoms with Crippen LogP contribution in [0.4, 0.5) is 0 Å². The summed E-state index contributed by atoms with van der Waals surface area (Å²) in [5.41, 5.74) is 0.192. The number of sulfonamides is 2. The van der Waals surface area contributed by atoms with Gasteiger partial charge in [-0.15, -0.1) is 11.3 Å². The Morgan fingerprint density at radius 2 is 1.52 bits per heavy atom. The summed E-state index contributed by atoms with van der Waals surface area (Å²) in [6, 6.07) is 11.9. The number of hydrogen-bond acceptors (Lipinski definition) is 6. The second-order valence-corrected chi connectivity index (χ2v) is 9.16. The van der Waals surface area contributed by atoms with Crippen molar-refractivity contribution in [1.29, 1.82) is 0 Å². The number of primary sulfonamides is 1. The predicted molar refractivity (Wildman–Crippen MR) is 94.3 cm³/mol. The first kappa shape index (κ1) is 17.5. The van der Waals surface area contributed by atoms with Crippen LogP contribution in [0.25, 0.3) is 10.1 Å². The summed E-state index contributed by atoms with van der Waals surface area (Å²) in [4.78, 5) is 11.2. The highest BCUT2D eigenvalue weighted by Gasteiger charge is 2.26. The molecule has 7 nitrogen and oxygen atoms in total. The highest BCUT2D eigenvalue weighted by atomic mass is 32.2. The molecule has 1 amide bonds. The van der Waals surface area contributed by atoms with Gasteiger partial charge in [-0.1, -0.05) is 30.3 Å². The quantitative estimate of drug-likeness (QED) is 0.694. The van der Waals surface area contributed by atoms with E-state index >= 15 is 0 Å². The van der Waals surface area contributed by atoms with Gasteiger partial charge in [-0.05, 0) is 18.2 Å². The van der Waals surface area contributed by atoms with Crippen LogP contribution >= 0.6 is 11.3 Å². The van der Waals surface area contributed by atoms with E-state index in [1.165, 1.54) is 23.5 Å². The van der Waals surface area contributed by atoms with E-state index < -0.39 is 35.7 Å². The van der Waals surface area contributed by atoms with Crippen LogP contribution in [0, 0.1) is 0 Å². The van der Waals surface area contributed by atoms with Gasteiger partial charge in [-0.2, -0.15) is 0 Å².